The van der Waals surface area contributed by atoms with Gasteiger partial charge in [-0.1, -0.05) is 83.1 Å². The van der Waals surface area contributed by atoms with Gasteiger partial charge in [0.1, 0.15) is 0 Å². The highest BCUT2D eigenvalue weighted by molar-refractivity contribution is 5.96. The van der Waals surface area contributed by atoms with Gasteiger partial charge in [-0.25, -0.2) is 0 Å². The van der Waals surface area contributed by atoms with Crippen LogP contribution in [-0.2, 0) is 11.8 Å². The van der Waals surface area contributed by atoms with E-state index in [9.17, 15) is 4.79 Å². The van der Waals surface area contributed by atoms with E-state index >= 15 is 0 Å². The normalized spacial score (nSPS) is 11.7. The van der Waals surface area contributed by atoms with E-state index in [1.54, 1.807) is 0 Å². The zero-order valence-electron chi connectivity index (χ0n) is 15.0. The molecule has 0 aromatic heterocycles. The molecule has 2 rings (SSSR count). The Morgan fingerprint density at radius 2 is 1.48 bits per heavy atom. The Hall–Kier alpha value is -1.89. The number of ketones is 1. The third-order valence-electron chi connectivity index (χ3n) is 4.36. The summed E-state index contributed by atoms with van der Waals surface area (Å²) in [6.45, 7) is 10.9. The molecule has 0 saturated carbocycles. The summed E-state index contributed by atoms with van der Waals surface area (Å²) in [6, 6.07) is 16.7. The first kappa shape index (κ1) is 17.5. The van der Waals surface area contributed by atoms with Gasteiger partial charge in [-0.2, -0.15) is 0 Å². The second-order valence-electron chi connectivity index (χ2n) is 7.65. The van der Waals surface area contributed by atoms with Crippen molar-refractivity contribution in [3.8, 4) is 0 Å². The van der Waals surface area contributed by atoms with Crippen molar-refractivity contribution in [2.45, 2.75) is 58.8 Å². The number of hydrogen-bond donors (Lipinski definition) is 0. The molecule has 122 valence electrons. The number of aryl methyl sites for hydroxylation is 1. The lowest BCUT2D eigenvalue weighted by atomic mass is 9.86. The molecule has 2 aromatic carbocycles. The molecule has 2 aromatic rings. The summed E-state index contributed by atoms with van der Waals surface area (Å²) in [7, 11) is 0. The second-order valence-corrected chi connectivity index (χ2v) is 7.65. The Balaban J connectivity index is 1.96. The summed E-state index contributed by atoms with van der Waals surface area (Å²) in [6.07, 6.45) is 1.37. The van der Waals surface area contributed by atoms with Crippen molar-refractivity contribution in [2.75, 3.05) is 0 Å². The standard InChI is InChI=1S/C22H28O/c1-16(2)18-9-6-17(7-10-18)8-15-21(23)19-11-13-20(14-12-19)22(3,4)5/h6-7,9-14,16H,8,15H2,1-5H3. The Labute approximate surface area is 140 Å². The van der Waals surface area contributed by atoms with Crippen molar-refractivity contribution < 1.29 is 4.79 Å². The molecule has 0 aliphatic heterocycles. The average molecular weight is 308 g/mol. The van der Waals surface area contributed by atoms with E-state index in [0.717, 1.165) is 12.0 Å². The van der Waals surface area contributed by atoms with Crippen LogP contribution in [0.2, 0.25) is 0 Å². The minimum Gasteiger partial charge on any atom is -0.294 e. The van der Waals surface area contributed by atoms with Crippen molar-refractivity contribution in [3.63, 3.8) is 0 Å². The van der Waals surface area contributed by atoms with Gasteiger partial charge in [-0.3, -0.25) is 4.79 Å². The number of rotatable bonds is 5. The molecular weight excluding hydrogens is 280 g/mol. The maximum absolute atomic E-state index is 12.4. The molecular formula is C22H28O. The molecule has 0 N–H and O–H groups in total. The first-order chi connectivity index (χ1) is 10.8. The molecule has 0 radical (unpaired) electrons. The summed E-state index contributed by atoms with van der Waals surface area (Å²) >= 11 is 0. The predicted molar refractivity (Wildman–Crippen MR) is 98.3 cm³/mol. The van der Waals surface area contributed by atoms with Gasteiger partial charge >= 0.3 is 0 Å². The van der Waals surface area contributed by atoms with Gasteiger partial charge in [0, 0.05) is 12.0 Å². The fourth-order valence-electron chi connectivity index (χ4n) is 2.63. The molecule has 0 atom stereocenters. The van der Waals surface area contributed by atoms with Crippen molar-refractivity contribution >= 4 is 5.78 Å². The number of carbonyl (C=O) groups is 1. The molecule has 1 nitrogen and oxygen atoms in total. The van der Waals surface area contributed by atoms with Crippen LogP contribution in [0.25, 0.3) is 0 Å². The molecule has 23 heavy (non-hydrogen) atoms. The number of benzene rings is 2. The van der Waals surface area contributed by atoms with Gasteiger partial charge in [0.25, 0.3) is 0 Å². The monoisotopic (exact) mass is 308 g/mol. The predicted octanol–water partition coefficient (Wildman–Crippen LogP) is 5.92. The Morgan fingerprint density at radius 1 is 0.913 bits per heavy atom. The van der Waals surface area contributed by atoms with Crippen LogP contribution in [0.3, 0.4) is 0 Å². The molecule has 0 unspecified atom stereocenters. The maximum atomic E-state index is 12.4. The van der Waals surface area contributed by atoms with E-state index < -0.39 is 0 Å². The third-order valence-corrected chi connectivity index (χ3v) is 4.36. The maximum Gasteiger partial charge on any atom is 0.163 e. The zero-order valence-corrected chi connectivity index (χ0v) is 15.0. The molecule has 0 aliphatic carbocycles. The molecule has 0 aliphatic rings. The minimum atomic E-state index is 0.125. The third kappa shape index (κ3) is 4.79. The van der Waals surface area contributed by atoms with Gasteiger partial charge in [0.2, 0.25) is 0 Å². The summed E-state index contributed by atoms with van der Waals surface area (Å²) in [5, 5.41) is 0. The Morgan fingerprint density at radius 3 is 1.96 bits per heavy atom. The van der Waals surface area contributed by atoms with Crippen LogP contribution in [0.5, 0.6) is 0 Å². The highest BCUT2D eigenvalue weighted by atomic mass is 16.1. The fraction of sp³-hybridized carbons (Fsp3) is 0.409. The summed E-state index contributed by atoms with van der Waals surface area (Å²) in [5.41, 5.74) is 4.78. The van der Waals surface area contributed by atoms with E-state index in [0.29, 0.717) is 12.3 Å². The molecule has 0 heterocycles. The highest BCUT2D eigenvalue weighted by Crippen LogP contribution is 2.23. The SMILES string of the molecule is CC(C)c1ccc(CCC(=O)c2ccc(C(C)(C)C)cc2)cc1. The molecule has 0 saturated heterocycles. The van der Waals surface area contributed by atoms with Gasteiger partial charge in [-0.05, 0) is 34.4 Å². The van der Waals surface area contributed by atoms with Crippen LogP contribution < -0.4 is 0 Å². The quantitative estimate of drug-likeness (QED) is 0.626. The molecule has 0 spiro atoms. The molecule has 1 heteroatoms. The topological polar surface area (TPSA) is 17.1 Å². The number of Topliss-reactive ketones (excluding diaryl/α,β-unsaturated/α-hetero) is 1. The number of carbonyl (C=O) groups excluding carboxylic acids is 1. The lowest BCUT2D eigenvalue weighted by Gasteiger charge is -2.19. The van der Waals surface area contributed by atoms with Gasteiger partial charge in [-0.15, -0.1) is 0 Å². The van der Waals surface area contributed by atoms with Gasteiger partial charge in [0.05, 0.1) is 0 Å². The van der Waals surface area contributed by atoms with Crippen LogP contribution >= 0.6 is 0 Å². The first-order valence-electron chi connectivity index (χ1n) is 8.50. The van der Waals surface area contributed by atoms with Gasteiger partial charge < -0.3 is 0 Å². The Bertz CT molecular complexity index is 640. The minimum absolute atomic E-state index is 0.125. The van der Waals surface area contributed by atoms with Crippen LogP contribution in [0, 0.1) is 0 Å². The lowest BCUT2D eigenvalue weighted by molar-refractivity contribution is 0.0983. The van der Waals surface area contributed by atoms with Crippen molar-refractivity contribution in [1.82, 2.24) is 0 Å². The van der Waals surface area contributed by atoms with Crippen LogP contribution in [0.1, 0.15) is 74.0 Å². The molecule has 0 amide bonds. The van der Waals surface area contributed by atoms with E-state index in [-0.39, 0.29) is 11.2 Å². The number of hydrogen-bond acceptors (Lipinski definition) is 1. The van der Waals surface area contributed by atoms with E-state index in [4.69, 9.17) is 0 Å². The average Bonchev–Trinajstić information content (AvgIpc) is 2.52. The van der Waals surface area contributed by atoms with E-state index in [2.05, 4.69) is 71.0 Å². The summed E-state index contributed by atoms with van der Waals surface area (Å²) in [5.74, 6) is 0.769. The summed E-state index contributed by atoms with van der Waals surface area (Å²) < 4.78 is 0. The second kappa shape index (κ2) is 7.12. The van der Waals surface area contributed by atoms with Crippen molar-refractivity contribution in [2.24, 2.45) is 0 Å². The fourth-order valence-corrected chi connectivity index (χ4v) is 2.63. The van der Waals surface area contributed by atoms with Crippen molar-refractivity contribution in [3.05, 3.63) is 70.8 Å². The lowest BCUT2D eigenvalue weighted by Crippen LogP contribution is -2.11. The Kier molecular flexibility index (Phi) is 5.41. The molecule has 0 bridgehead atoms. The van der Waals surface area contributed by atoms with Crippen molar-refractivity contribution in [1.29, 1.82) is 0 Å². The van der Waals surface area contributed by atoms with Crippen LogP contribution in [0.4, 0.5) is 0 Å². The highest BCUT2D eigenvalue weighted by Gasteiger charge is 2.14. The van der Waals surface area contributed by atoms with Gasteiger partial charge in [0.15, 0.2) is 5.78 Å². The first-order valence-corrected chi connectivity index (χ1v) is 8.50. The van der Waals surface area contributed by atoms with Crippen LogP contribution in [0.15, 0.2) is 48.5 Å². The molecule has 0 fully saturated rings. The van der Waals surface area contributed by atoms with E-state index in [1.807, 2.05) is 12.1 Å². The largest absolute Gasteiger partial charge is 0.294 e. The smallest absolute Gasteiger partial charge is 0.163 e. The zero-order chi connectivity index (χ0) is 17.0. The van der Waals surface area contributed by atoms with E-state index in [1.165, 1.54) is 16.7 Å². The van der Waals surface area contributed by atoms with Crippen LogP contribution in [-0.4, -0.2) is 5.78 Å². The summed E-state index contributed by atoms with van der Waals surface area (Å²) in [4.78, 5) is 12.4.